The molecule has 0 aliphatic heterocycles. The van der Waals surface area contributed by atoms with Crippen LogP contribution in [0.3, 0.4) is 0 Å². The minimum Gasteiger partial charge on any atom is -0.251 e. The molecule has 0 fully saturated rings. The van der Waals surface area contributed by atoms with Crippen LogP contribution in [0.1, 0.15) is 27.2 Å². The van der Waals surface area contributed by atoms with Gasteiger partial charge in [0.05, 0.1) is 0 Å². The Morgan fingerprint density at radius 2 is 2.17 bits per heavy atom. The summed E-state index contributed by atoms with van der Waals surface area (Å²) in [5, 5.41) is 8.53. The van der Waals surface area contributed by atoms with Gasteiger partial charge in [-0.2, -0.15) is 0 Å². The maximum atomic E-state index is 8.53. The van der Waals surface area contributed by atoms with Crippen molar-refractivity contribution in [2.75, 3.05) is 0 Å². The van der Waals surface area contributed by atoms with Gasteiger partial charge >= 0.3 is 0 Å². The molecule has 1 atom stereocenters. The van der Waals surface area contributed by atoms with E-state index in [0.29, 0.717) is 5.92 Å². The molecule has 0 bridgehead atoms. The van der Waals surface area contributed by atoms with Gasteiger partial charge in [0.1, 0.15) is 5.60 Å². The quantitative estimate of drug-likeness (QED) is 0.390. The molecular formula is C10H18O2. The fourth-order valence-corrected chi connectivity index (χ4v) is 0.710. The van der Waals surface area contributed by atoms with E-state index in [1.807, 2.05) is 6.08 Å². The molecule has 0 aromatic heterocycles. The fourth-order valence-electron chi connectivity index (χ4n) is 0.710. The van der Waals surface area contributed by atoms with Crippen molar-refractivity contribution in [3.63, 3.8) is 0 Å². The van der Waals surface area contributed by atoms with Crippen molar-refractivity contribution in [3.05, 3.63) is 24.8 Å². The summed E-state index contributed by atoms with van der Waals surface area (Å²) in [6.45, 7) is 9.58. The third-order valence-corrected chi connectivity index (χ3v) is 1.66. The molecule has 0 aliphatic carbocycles. The topological polar surface area (TPSA) is 29.5 Å². The Kier molecular flexibility index (Phi) is 4.86. The molecule has 1 unspecified atom stereocenters. The van der Waals surface area contributed by atoms with E-state index in [4.69, 9.17) is 5.26 Å². The van der Waals surface area contributed by atoms with Crippen molar-refractivity contribution < 1.29 is 10.1 Å². The van der Waals surface area contributed by atoms with Crippen LogP contribution in [0.25, 0.3) is 0 Å². The molecule has 1 N–H and O–H groups in total. The normalized spacial score (nSPS) is 16.8. The van der Waals surface area contributed by atoms with Crippen LogP contribution in [0.15, 0.2) is 24.8 Å². The summed E-state index contributed by atoms with van der Waals surface area (Å²) in [5.41, 5.74) is -0.741. The Morgan fingerprint density at radius 1 is 1.58 bits per heavy atom. The van der Waals surface area contributed by atoms with Crippen LogP contribution < -0.4 is 0 Å². The second-order valence-corrected chi connectivity index (χ2v) is 3.51. The van der Waals surface area contributed by atoms with Crippen molar-refractivity contribution in [1.82, 2.24) is 0 Å². The smallest absolute Gasteiger partial charge is 0.136 e. The molecule has 0 heterocycles. The molecular weight excluding hydrogens is 152 g/mol. The van der Waals surface area contributed by atoms with Crippen molar-refractivity contribution in [2.24, 2.45) is 5.92 Å². The zero-order chi connectivity index (χ0) is 9.61. The second kappa shape index (κ2) is 5.12. The van der Waals surface area contributed by atoms with E-state index in [1.165, 1.54) is 0 Å². The highest BCUT2D eigenvalue weighted by Gasteiger charge is 2.15. The van der Waals surface area contributed by atoms with Gasteiger partial charge in [0.2, 0.25) is 0 Å². The summed E-state index contributed by atoms with van der Waals surface area (Å²) in [6, 6.07) is 0. The lowest BCUT2D eigenvalue weighted by atomic mass is 10.0. The van der Waals surface area contributed by atoms with Crippen molar-refractivity contribution in [1.29, 1.82) is 0 Å². The molecule has 0 aliphatic rings. The Bertz CT molecular complexity index is 161. The molecule has 0 saturated carbocycles. The second-order valence-electron chi connectivity index (χ2n) is 3.51. The van der Waals surface area contributed by atoms with Gasteiger partial charge in [0.25, 0.3) is 0 Å². The first-order valence-corrected chi connectivity index (χ1v) is 4.18. The average Bonchev–Trinajstić information content (AvgIpc) is 2.03. The van der Waals surface area contributed by atoms with Crippen LogP contribution in [-0.2, 0) is 4.89 Å². The molecule has 70 valence electrons. The average molecular weight is 170 g/mol. The summed E-state index contributed by atoms with van der Waals surface area (Å²) in [7, 11) is 0. The van der Waals surface area contributed by atoms with Crippen LogP contribution in [0.5, 0.6) is 0 Å². The van der Waals surface area contributed by atoms with Gasteiger partial charge in [-0.25, -0.2) is 4.89 Å². The highest BCUT2D eigenvalue weighted by molar-refractivity contribution is 5.09. The maximum Gasteiger partial charge on any atom is 0.136 e. The molecule has 0 aromatic rings. The first kappa shape index (κ1) is 11.4. The summed E-state index contributed by atoms with van der Waals surface area (Å²) < 4.78 is 0. The van der Waals surface area contributed by atoms with Crippen LogP contribution in [0, 0.1) is 5.92 Å². The minimum absolute atomic E-state index is 0.619. The van der Waals surface area contributed by atoms with E-state index in [1.54, 1.807) is 19.1 Å². The third-order valence-electron chi connectivity index (χ3n) is 1.66. The number of hydrogen-bond acceptors (Lipinski definition) is 2. The van der Waals surface area contributed by atoms with E-state index in [-0.39, 0.29) is 0 Å². The highest BCUT2D eigenvalue weighted by atomic mass is 17.1. The van der Waals surface area contributed by atoms with Crippen molar-refractivity contribution >= 4 is 0 Å². The fraction of sp³-hybridized carbons (Fsp3) is 0.600. The summed E-state index contributed by atoms with van der Waals surface area (Å²) in [6.07, 6.45) is 6.33. The third kappa shape index (κ3) is 4.31. The first-order valence-electron chi connectivity index (χ1n) is 4.18. The number of hydrogen-bond donors (Lipinski definition) is 1. The van der Waals surface area contributed by atoms with E-state index in [0.717, 1.165) is 6.42 Å². The largest absolute Gasteiger partial charge is 0.251 e. The Morgan fingerprint density at radius 3 is 2.50 bits per heavy atom. The van der Waals surface area contributed by atoms with E-state index in [9.17, 15) is 0 Å². The van der Waals surface area contributed by atoms with Gasteiger partial charge in [-0.1, -0.05) is 38.7 Å². The monoisotopic (exact) mass is 170 g/mol. The molecule has 0 spiro atoms. The molecule has 2 nitrogen and oxygen atoms in total. The Labute approximate surface area is 74.5 Å². The van der Waals surface area contributed by atoms with Crippen LogP contribution in [0.2, 0.25) is 0 Å². The van der Waals surface area contributed by atoms with Crippen molar-refractivity contribution in [3.8, 4) is 0 Å². The molecule has 0 amide bonds. The minimum atomic E-state index is -0.741. The Hall–Kier alpha value is -0.600. The summed E-state index contributed by atoms with van der Waals surface area (Å²) >= 11 is 0. The molecule has 2 heteroatoms. The van der Waals surface area contributed by atoms with Gasteiger partial charge in [0.15, 0.2) is 0 Å². The standard InChI is InChI=1S/C10H18O2/c1-5-10(4,12-11)8-6-7-9(2)3/h5-6,8-9,11H,1,7H2,2-4H3/b8-6+. The molecule has 0 aromatic carbocycles. The van der Waals surface area contributed by atoms with Gasteiger partial charge in [-0.15, -0.1) is 0 Å². The van der Waals surface area contributed by atoms with Crippen molar-refractivity contribution in [2.45, 2.75) is 32.8 Å². The van der Waals surface area contributed by atoms with E-state index in [2.05, 4.69) is 25.3 Å². The zero-order valence-electron chi connectivity index (χ0n) is 8.08. The lowest BCUT2D eigenvalue weighted by Crippen LogP contribution is -2.20. The number of rotatable bonds is 5. The van der Waals surface area contributed by atoms with Gasteiger partial charge < -0.3 is 0 Å². The zero-order valence-corrected chi connectivity index (χ0v) is 8.08. The first-order chi connectivity index (χ1) is 5.54. The van der Waals surface area contributed by atoms with E-state index >= 15 is 0 Å². The van der Waals surface area contributed by atoms with Crippen LogP contribution in [-0.4, -0.2) is 10.9 Å². The predicted molar refractivity (Wildman–Crippen MR) is 50.9 cm³/mol. The summed E-state index contributed by atoms with van der Waals surface area (Å²) in [4.78, 5) is 4.26. The van der Waals surface area contributed by atoms with E-state index < -0.39 is 5.60 Å². The van der Waals surface area contributed by atoms with Gasteiger partial charge in [-0.3, -0.25) is 5.26 Å². The number of allylic oxidation sites excluding steroid dienone is 1. The van der Waals surface area contributed by atoms with Crippen LogP contribution in [0.4, 0.5) is 0 Å². The SMILES string of the molecule is C=CC(C)(/C=C/CC(C)C)OO. The Balaban J connectivity index is 4.01. The highest BCUT2D eigenvalue weighted by Crippen LogP contribution is 2.13. The van der Waals surface area contributed by atoms with Gasteiger partial charge in [0, 0.05) is 0 Å². The molecule has 12 heavy (non-hydrogen) atoms. The summed E-state index contributed by atoms with van der Waals surface area (Å²) in [5.74, 6) is 0.619. The molecule has 0 saturated heterocycles. The predicted octanol–water partition coefficient (Wildman–Crippen LogP) is 3.02. The maximum absolute atomic E-state index is 8.53. The lowest BCUT2D eigenvalue weighted by Gasteiger charge is -2.16. The van der Waals surface area contributed by atoms with Gasteiger partial charge in [-0.05, 0) is 19.3 Å². The van der Waals surface area contributed by atoms with Crippen LogP contribution >= 0.6 is 0 Å². The molecule has 0 radical (unpaired) electrons. The molecule has 0 rings (SSSR count). The lowest BCUT2D eigenvalue weighted by molar-refractivity contribution is -0.287.